The second-order valence-corrected chi connectivity index (χ2v) is 4.40. The van der Waals surface area contributed by atoms with Gasteiger partial charge in [0.15, 0.2) is 0 Å². The Kier molecular flexibility index (Phi) is 5.07. The van der Waals surface area contributed by atoms with Crippen LogP contribution in [0.4, 0.5) is 0 Å². The Morgan fingerprint density at radius 2 is 2.22 bits per heavy atom. The Morgan fingerprint density at radius 1 is 1.39 bits per heavy atom. The lowest BCUT2D eigenvalue weighted by Crippen LogP contribution is -2.25. The summed E-state index contributed by atoms with van der Waals surface area (Å²) in [4.78, 5) is 0. The molecule has 0 unspecified atom stereocenters. The summed E-state index contributed by atoms with van der Waals surface area (Å²) in [7, 11) is 0. The van der Waals surface area contributed by atoms with Gasteiger partial charge < -0.3 is 14.8 Å². The molecular formula is C15H19NO2. The zero-order valence-corrected chi connectivity index (χ0v) is 10.5. The fourth-order valence-electron chi connectivity index (χ4n) is 2.01. The monoisotopic (exact) mass is 245 g/mol. The molecule has 1 atom stereocenters. The third-order valence-corrected chi connectivity index (χ3v) is 2.97. The first-order chi connectivity index (χ1) is 8.88. The molecule has 1 aromatic rings. The van der Waals surface area contributed by atoms with Crippen molar-refractivity contribution in [3.63, 3.8) is 0 Å². The van der Waals surface area contributed by atoms with Crippen molar-refractivity contribution in [3.05, 3.63) is 29.8 Å². The molecule has 1 saturated heterocycles. The average Bonchev–Trinajstić information content (AvgIpc) is 2.91. The Labute approximate surface area is 108 Å². The minimum absolute atomic E-state index is 0.316. The number of ether oxygens (including phenoxy) is 2. The zero-order chi connectivity index (χ0) is 12.6. The summed E-state index contributed by atoms with van der Waals surface area (Å²) in [6, 6.07) is 7.99. The summed E-state index contributed by atoms with van der Waals surface area (Å²) >= 11 is 0. The maximum atomic E-state index is 5.55. The predicted octanol–water partition coefficient (Wildman–Crippen LogP) is 1.97. The van der Waals surface area contributed by atoms with Gasteiger partial charge in [0.1, 0.15) is 12.4 Å². The molecule has 0 aliphatic carbocycles. The van der Waals surface area contributed by atoms with Crippen molar-refractivity contribution in [3.8, 4) is 18.1 Å². The van der Waals surface area contributed by atoms with Crippen molar-refractivity contribution in [1.29, 1.82) is 0 Å². The SMILES string of the molecule is C#CCOc1ccc(CNC[C@H]2CCCO2)cc1. The van der Waals surface area contributed by atoms with E-state index in [1.54, 1.807) is 0 Å². The van der Waals surface area contributed by atoms with E-state index < -0.39 is 0 Å². The quantitative estimate of drug-likeness (QED) is 0.777. The lowest BCUT2D eigenvalue weighted by Gasteiger charge is -2.11. The van der Waals surface area contributed by atoms with Gasteiger partial charge in [0.25, 0.3) is 0 Å². The largest absolute Gasteiger partial charge is 0.481 e. The van der Waals surface area contributed by atoms with Crippen molar-refractivity contribution >= 4 is 0 Å². The maximum Gasteiger partial charge on any atom is 0.148 e. The smallest absolute Gasteiger partial charge is 0.148 e. The lowest BCUT2D eigenvalue weighted by molar-refractivity contribution is 0.110. The van der Waals surface area contributed by atoms with Crippen LogP contribution in [0.15, 0.2) is 24.3 Å². The van der Waals surface area contributed by atoms with Crippen LogP contribution >= 0.6 is 0 Å². The Hall–Kier alpha value is -1.50. The molecule has 3 heteroatoms. The predicted molar refractivity (Wildman–Crippen MR) is 71.5 cm³/mol. The summed E-state index contributed by atoms with van der Waals surface area (Å²) in [5.74, 6) is 3.26. The second-order valence-electron chi connectivity index (χ2n) is 4.40. The van der Waals surface area contributed by atoms with E-state index in [2.05, 4.69) is 11.2 Å². The average molecular weight is 245 g/mol. The molecule has 1 aromatic carbocycles. The minimum atomic E-state index is 0.316. The van der Waals surface area contributed by atoms with Crippen LogP contribution in [-0.4, -0.2) is 25.9 Å². The van der Waals surface area contributed by atoms with Gasteiger partial charge in [-0.25, -0.2) is 0 Å². The van der Waals surface area contributed by atoms with Gasteiger partial charge in [-0.1, -0.05) is 18.1 Å². The van der Waals surface area contributed by atoms with E-state index in [4.69, 9.17) is 15.9 Å². The number of terminal acetylenes is 1. The van der Waals surface area contributed by atoms with Crippen molar-refractivity contribution in [2.24, 2.45) is 0 Å². The topological polar surface area (TPSA) is 30.5 Å². The van der Waals surface area contributed by atoms with Crippen LogP contribution in [0.3, 0.4) is 0 Å². The summed E-state index contributed by atoms with van der Waals surface area (Å²) < 4.78 is 10.9. The molecule has 0 spiro atoms. The fraction of sp³-hybridized carbons (Fsp3) is 0.467. The van der Waals surface area contributed by atoms with E-state index in [9.17, 15) is 0 Å². The molecule has 1 N–H and O–H groups in total. The Morgan fingerprint density at radius 3 is 2.89 bits per heavy atom. The van der Waals surface area contributed by atoms with Crippen molar-refractivity contribution in [1.82, 2.24) is 5.32 Å². The summed E-state index contributed by atoms with van der Waals surface area (Å²) in [5.41, 5.74) is 1.24. The zero-order valence-electron chi connectivity index (χ0n) is 10.5. The molecule has 1 fully saturated rings. The first kappa shape index (κ1) is 12.9. The minimum Gasteiger partial charge on any atom is -0.481 e. The van der Waals surface area contributed by atoms with E-state index in [0.29, 0.717) is 12.7 Å². The van der Waals surface area contributed by atoms with Crippen LogP contribution < -0.4 is 10.1 Å². The molecule has 0 bridgehead atoms. The van der Waals surface area contributed by atoms with Crippen LogP contribution in [-0.2, 0) is 11.3 Å². The van der Waals surface area contributed by atoms with E-state index >= 15 is 0 Å². The van der Waals surface area contributed by atoms with E-state index in [1.807, 2.05) is 24.3 Å². The van der Waals surface area contributed by atoms with Gasteiger partial charge in [-0.15, -0.1) is 6.42 Å². The van der Waals surface area contributed by atoms with Crippen molar-refractivity contribution in [2.75, 3.05) is 19.8 Å². The Balaban J connectivity index is 1.70. The van der Waals surface area contributed by atoms with Crippen LogP contribution in [0.5, 0.6) is 5.75 Å². The third kappa shape index (κ3) is 4.06. The highest BCUT2D eigenvalue weighted by Crippen LogP contribution is 2.13. The highest BCUT2D eigenvalue weighted by molar-refractivity contribution is 5.27. The summed E-state index contributed by atoms with van der Waals surface area (Å²) in [5, 5.41) is 3.41. The molecule has 1 aliphatic heterocycles. The van der Waals surface area contributed by atoms with Crippen molar-refractivity contribution in [2.45, 2.75) is 25.5 Å². The standard InChI is InChI=1S/C15H19NO2/c1-2-9-17-14-7-5-13(6-8-14)11-16-12-15-4-3-10-18-15/h1,5-8,15-16H,3-4,9-12H2/t15-/m1/s1. The van der Waals surface area contributed by atoms with Crippen LogP contribution in [0.1, 0.15) is 18.4 Å². The third-order valence-electron chi connectivity index (χ3n) is 2.97. The normalized spacial score (nSPS) is 18.5. The molecule has 2 rings (SSSR count). The molecule has 0 saturated carbocycles. The molecule has 0 amide bonds. The van der Waals surface area contributed by atoms with Gasteiger partial charge in [-0.3, -0.25) is 0 Å². The second kappa shape index (κ2) is 7.05. The molecular weight excluding hydrogens is 226 g/mol. The molecule has 1 aliphatic rings. The molecule has 1 heterocycles. The van der Waals surface area contributed by atoms with Gasteiger partial charge >= 0.3 is 0 Å². The molecule has 0 aromatic heterocycles. The first-order valence-corrected chi connectivity index (χ1v) is 6.36. The Bertz CT molecular complexity index is 388. The number of hydrogen-bond acceptors (Lipinski definition) is 3. The molecule has 96 valence electrons. The molecule has 18 heavy (non-hydrogen) atoms. The number of nitrogens with one attached hydrogen (secondary N) is 1. The maximum absolute atomic E-state index is 5.55. The van der Waals surface area contributed by atoms with Gasteiger partial charge in [0.05, 0.1) is 6.10 Å². The lowest BCUT2D eigenvalue weighted by atomic mass is 10.2. The van der Waals surface area contributed by atoms with Crippen LogP contribution in [0, 0.1) is 12.3 Å². The number of benzene rings is 1. The van der Waals surface area contributed by atoms with Gasteiger partial charge in [0, 0.05) is 19.7 Å². The van der Waals surface area contributed by atoms with E-state index in [0.717, 1.165) is 25.4 Å². The van der Waals surface area contributed by atoms with Gasteiger partial charge in [-0.2, -0.15) is 0 Å². The van der Waals surface area contributed by atoms with E-state index in [-0.39, 0.29) is 0 Å². The molecule has 3 nitrogen and oxygen atoms in total. The highest BCUT2D eigenvalue weighted by atomic mass is 16.5. The van der Waals surface area contributed by atoms with Gasteiger partial charge in [-0.05, 0) is 30.5 Å². The van der Waals surface area contributed by atoms with Crippen LogP contribution in [0.25, 0.3) is 0 Å². The van der Waals surface area contributed by atoms with E-state index in [1.165, 1.54) is 18.4 Å². The summed E-state index contributed by atoms with van der Waals surface area (Å²) in [6.07, 6.45) is 7.89. The molecule has 0 radical (unpaired) electrons. The van der Waals surface area contributed by atoms with Gasteiger partial charge in [0.2, 0.25) is 0 Å². The first-order valence-electron chi connectivity index (χ1n) is 6.36. The van der Waals surface area contributed by atoms with Crippen LogP contribution in [0.2, 0.25) is 0 Å². The number of hydrogen-bond donors (Lipinski definition) is 1. The fourth-order valence-corrected chi connectivity index (χ4v) is 2.01. The summed E-state index contributed by atoms with van der Waals surface area (Å²) in [6.45, 7) is 3.01. The highest BCUT2D eigenvalue weighted by Gasteiger charge is 2.14. The van der Waals surface area contributed by atoms with Crippen molar-refractivity contribution < 1.29 is 9.47 Å². The number of rotatable bonds is 6.